The van der Waals surface area contributed by atoms with Crippen LogP contribution in [0.4, 0.5) is 0 Å². The fourth-order valence-corrected chi connectivity index (χ4v) is 6.25. The molecule has 0 aromatic rings. The Kier molecular flexibility index (Phi) is 2.67. The Morgan fingerprint density at radius 3 is 1.14 bits per heavy atom. The average Bonchev–Trinajstić information content (AvgIpc) is 2.26. The van der Waals surface area contributed by atoms with Crippen molar-refractivity contribution >= 4 is 23.5 Å². The molecule has 3 rings (SSSR count). The topological polar surface area (TPSA) is 0 Å². The van der Waals surface area contributed by atoms with Crippen LogP contribution in [0.1, 0.15) is 25.7 Å². The fourth-order valence-electron chi connectivity index (χ4n) is 2.55. The Bertz CT molecular complexity index is 217. The Morgan fingerprint density at radius 1 is 0.571 bits per heavy atom. The van der Waals surface area contributed by atoms with Gasteiger partial charge in [0.25, 0.3) is 0 Å². The van der Waals surface area contributed by atoms with Crippen LogP contribution in [-0.2, 0) is 0 Å². The van der Waals surface area contributed by atoms with Crippen molar-refractivity contribution in [3.05, 3.63) is 24.3 Å². The van der Waals surface area contributed by atoms with E-state index in [-0.39, 0.29) is 0 Å². The summed E-state index contributed by atoms with van der Waals surface area (Å²) >= 11 is 4.55. The predicted octanol–water partition coefficient (Wildman–Crippen LogP) is 3.64. The summed E-state index contributed by atoms with van der Waals surface area (Å²) in [6, 6.07) is 0. The highest BCUT2D eigenvalue weighted by Gasteiger charge is 2.37. The zero-order valence-corrected chi connectivity index (χ0v) is 9.90. The van der Waals surface area contributed by atoms with Crippen LogP contribution in [-0.4, -0.2) is 21.0 Å². The summed E-state index contributed by atoms with van der Waals surface area (Å²) in [4.78, 5) is 0. The van der Waals surface area contributed by atoms with Crippen LogP contribution < -0.4 is 0 Å². The van der Waals surface area contributed by atoms with Crippen LogP contribution in [0, 0.1) is 0 Å². The highest BCUT2D eigenvalue weighted by Crippen LogP contribution is 2.48. The minimum Gasteiger partial charge on any atom is -0.152 e. The molecular weight excluding hydrogens is 208 g/mol. The van der Waals surface area contributed by atoms with Gasteiger partial charge in [-0.15, -0.1) is 0 Å². The van der Waals surface area contributed by atoms with Crippen molar-refractivity contribution in [2.24, 2.45) is 0 Å². The lowest BCUT2D eigenvalue weighted by atomic mass is 10.1. The lowest BCUT2D eigenvalue weighted by molar-refractivity contribution is 0.694. The molecule has 0 bridgehead atoms. The van der Waals surface area contributed by atoms with E-state index in [9.17, 15) is 0 Å². The molecule has 14 heavy (non-hydrogen) atoms. The molecule has 1 saturated heterocycles. The fraction of sp³-hybridized carbons (Fsp3) is 0.667. The lowest BCUT2D eigenvalue weighted by Crippen LogP contribution is -2.37. The highest BCUT2D eigenvalue weighted by molar-refractivity contribution is 8.08. The molecule has 2 aliphatic carbocycles. The largest absolute Gasteiger partial charge is 0.152 e. The number of rotatable bonds is 0. The zero-order valence-electron chi connectivity index (χ0n) is 8.26. The van der Waals surface area contributed by atoms with E-state index >= 15 is 0 Å². The molecule has 0 nitrogen and oxygen atoms in total. The third-order valence-electron chi connectivity index (χ3n) is 3.34. The predicted molar refractivity (Wildman–Crippen MR) is 67.1 cm³/mol. The molecule has 3 aliphatic rings. The maximum absolute atomic E-state index is 2.38. The number of hydrogen-bond acceptors (Lipinski definition) is 2. The van der Waals surface area contributed by atoms with Crippen molar-refractivity contribution in [1.82, 2.24) is 0 Å². The molecule has 0 spiro atoms. The monoisotopic (exact) mass is 224 g/mol. The molecular formula is C12H16S2. The Labute approximate surface area is 94.6 Å². The van der Waals surface area contributed by atoms with Crippen LogP contribution >= 0.6 is 23.5 Å². The number of allylic oxidation sites excluding steroid dienone is 4. The Balaban J connectivity index is 1.75. The van der Waals surface area contributed by atoms with E-state index in [0.717, 1.165) is 21.0 Å². The molecule has 0 aromatic carbocycles. The molecule has 1 aliphatic heterocycles. The highest BCUT2D eigenvalue weighted by atomic mass is 32.2. The van der Waals surface area contributed by atoms with E-state index in [1.807, 2.05) is 0 Å². The second-order valence-corrected chi connectivity index (χ2v) is 7.28. The quantitative estimate of drug-likeness (QED) is 0.576. The smallest absolute Gasteiger partial charge is 0.0207 e. The van der Waals surface area contributed by atoms with E-state index in [2.05, 4.69) is 47.8 Å². The first-order valence-corrected chi connectivity index (χ1v) is 7.43. The lowest BCUT2D eigenvalue weighted by Gasteiger charge is -2.42. The van der Waals surface area contributed by atoms with Gasteiger partial charge >= 0.3 is 0 Å². The normalized spacial score (nSPS) is 45.7. The standard InChI is InChI=1S/C12H16S2/c1-2-6-10-9(5-1)13-11-7-3-4-8-12(11)14-10/h1-4,9-12H,5-8H2. The van der Waals surface area contributed by atoms with Gasteiger partial charge in [0.1, 0.15) is 0 Å². The molecule has 4 unspecified atom stereocenters. The third-order valence-corrected chi connectivity index (χ3v) is 7.16. The van der Waals surface area contributed by atoms with Crippen molar-refractivity contribution in [2.45, 2.75) is 46.7 Å². The number of thioether (sulfide) groups is 2. The van der Waals surface area contributed by atoms with Crippen molar-refractivity contribution in [1.29, 1.82) is 0 Å². The maximum Gasteiger partial charge on any atom is 0.0207 e. The van der Waals surface area contributed by atoms with Gasteiger partial charge in [0.05, 0.1) is 0 Å². The molecule has 0 saturated carbocycles. The van der Waals surface area contributed by atoms with Gasteiger partial charge in [-0.3, -0.25) is 0 Å². The van der Waals surface area contributed by atoms with Crippen molar-refractivity contribution < 1.29 is 0 Å². The van der Waals surface area contributed by atoms with Crippen LogP contribution in [0.25, 0.3) is 0 Å². The molecule has 0 radical (unpaired) electrons. The maximum atomic E-state index is 2.38. The van der Waals surface area contributed by atoms with Crippen molar-refractivity contribution in [3.63, 3.8) is 0 Å². The summed E-state index contributed by atoms with van der Waals surface area (Å²) in [6.07, 6.45) is 14.8. The molecule has 0 amide bonds. The first-order valence-electron chi connectivity index (χ1n) is 5.54. The SMILES string of the molecule is C1=CCC2SC3CC=CCC3SC2C1. The van der Waals surface area contributed by atoms with Crippen LogP contribution in [0.15, 0.2) is 24.3 Å². The van der Waals surface area contributed by atoms with E-state index in [1.165, 1.54) is 25.7 Å². The summed E-state index contributed by atoms with van der Waals surface area (Å²) in [5, 5.41) is 3.66. The summed E-state index contributed by atoms with van der Waals surface area (Å²) in [5.41, 5.74) is 0. The summed E-state index contributed by atoms with van der Waals surface area (Å²) in [5.74, 6) is 0. The molecule has 76 valence electrons. The van der Waals surface area contributed by atoms with Gasteiger partial charge in [-0.1, -0.05) is 24.3 Å². The van der Waals surface area contributed by atoms with Crippen LogP contribution in [0.5, 0.6) is 0 Å². The number of hydrogen-bond donors (Lipinski definition) is 0. The molecule has 4 atom stereocenters. The van der Waals surface area contributed by atoms with Gasteiger partial charge < -0.3 is 0 Å². The van der Waals surface area contributed by atoms with Crippen LogP contribution in [0.2, 0.25) is 0 Å². The van der Waals surface area contributed by atoms with Gasteiger partial charge in [0.15, 0.2) is 0 Å². The van der Waals surface area contributed by atoms with Gasteiger partial charge in [-0.05, 0) is 25.7 Å². The zero-order chi connectivity index (χ0) is 9.38. The minimum absolute atomic E-state index is 0.915. The molecule has 1 heterocycles. The van der Waals surface area contributed by atoms with Gasteiger partial charge in [0, 0.05) is 21.0 Å². The van der Waals surface area contributed by atoms with E-state index in [0.29, 0.717) is 0 Å². The summed E-state index contributed by atoms with van der Waals surface area (Å²) in [7, 11) is 0. The molecule has 2 heteroatoms. The first-order chi connectivity index (χ1) is 6.93. The Morgan fingerprint density at radius 2 is 0.857 bits per heavy atom. The third kappa shape index (κ3) is 1.67. The van der Waals surface area contributed by atoms with Crippen LogP contribution in [0.3, 0.4) is 0 Å². The van der Waals surface area contributed by atoms with E-state index in [4.69, 9.17) is 0 Å². The molecule has 0 aromatic heterocycles. The molecule has 1 fully saturated rings. The second kappa shape index (κ2) is 3.97. The van der Waals surface area contributed by atoms with E-state index < -0.39 is 0 Å². The molecule has 0 N–H and O–H groups in total. The minimum atomic E-state index is 0.915. The number of fused-ring (bicyclic) bond motifs is 2. The second-order valence-electron chi connectivity index (χ2n) is 4.31. The first kappa shape index (κ1) is 9.41. The van der Waals surface area contributed by atoms with Gasteiger partial charge in [0.2, 0.25) is 0 Å². The average molecular weight is 224 g/mol. The van der Waals surface area contributed by atoms with Crippen molar-refractivity contribution in [3.8, 4) is 0 Å². The van der Waals surface area contributed by atoms with Gasteiger partial charge in [-0.25, -0.2) is 0 Å². The summed E-state index contributed by atoms with van der Waals surface area (Å²) < 4.78 is 0. The Hall–Kier alpha value is 0.180. The summed E-state index contributed by atoms with van der Waals surface area (Å²) in [6.45, 7) is 0. The van der Waals surface area contributed by atoms with E-state index in [1.54, 1.807) is 0 Å². The van der Waals surface area contributed by atoms with Crippen molar-refractivity contribution in [2.75, 3.05) is 0 Å². The van der Waals surface area contributed by atoms with Gasteiger partial charge in [-0.2, -0.15) is 23.5 Å².